The second kappa shape index (κ2) is 11.7. The van der Waals surface area contributed by atoms with Gasteiger partial charge >= 0.3 is 0 Å². The van der Waals surface area contributed by atoms with Crippen LogP contribution in [0.4, 0.5) is 11.4 Å². The summed E-state index contributed by atoms with van der Waals surface area (Å²) in [6.45, 7) is 0. The van der Waals surface area contributed by atoms with Crippen LogP contribution in [-0.4, -0.2) is 18.4 Å². The van der Waals surface area contributed by atoms with Crippen LogP contribution in [-0.2, 0) is 0 Å². The summed E-state index contributed by atoms with van der Waals surface area (Å²) < 4.78 is 0. The zero-order chi connectivity index (χ0) is 21.6. The highest BCUT2D eigenvalue weighted by Gasteiger charge is 2.13. The monoisotopic (exact) mass is 444 g/mol. The van der Waals surface area contributed by atoms with Gasteiger partial charge in [-0.3, -0.25) is 0 Å². The Morgan fingerprint density at radius 3 is 1.06 bits per heavy atom. The molecule has 1 radical (unpaired) electrons. The summed E-state index contributed by atoms with van der Waals surface area (Å²) in [5.41, 5.74) is 8.30. The minimum absolute atomic E-state index is 0. The van der Waals surface area contributed by atoms with Crippen molar-refractivity contribution in [1.82, 2.24) is 0 Å². The lowest BCUT2D eigenvalue weighted by Crippen LogP contribution is -2.32. The van der Waals surface area contributed by atoms with E-state index in [1.165, 1.54) is 22.3 Å². The SMILES string of the molecule is O.O.[B](c1ccccc1)N(c1ccc(-c2ccccc2)cc1)c1ccc(-c2ccccc2)cc1. The Bertz CT molecular complexity index is 1180. The van der Waals surface area contributed by atoms with E-state index in [1.807, 2.05) is 18.2 Å². The Morgan fingerprint density at radius 2 is 0.676 bits per heavy atom. The van der Waals surface area contributed by atoms with Crippen LogP contribution >= 0.6 is 0 Å². The van der Waals surface area contributed by atoms with E-state index in [4.69, 9.17) is 0 Å². The lowest BCUT2D eigenvalue weighted by molar-refractivity contribution is 0.823. The first-order valence-corrected chi connectivity index (χ1v) is 10.9. The molecule has 4 heteroatoms. The Labute approximate surface area is 201 Å². The Morgan fingerprint density at radius 1 is 0.353 bits per heavy atom. The molecule has 0 bridgehead atoms. The van der Waals surface area contributed by atoms with Crippen LogP contribution in [0.25, 0.3) is 22.3 Å². The van der Waals surface area contributed by atoms with E-state index in [9.17, 15) is 0 Å². The van der Waals surface area contributed by atoms with Crippen LogP contribution in [0.15, 0.2) is 140 Å². The first-order chi connectivity index (χ1) is 15.9. The molecule has 167 valence electrons. The molecule has 5 aromatic carbocycles. The molecular weight excluding hydrogens is 417 g/mol. The number of hydrogen-bond acceptors (Lipinski definition) is 1. The van der Waals surface area contributed by atoms with Gasteiger partial charge in [0, 0.05) is 11.4 Å². The van der Waals surface area contributed by atoms with Crippen LogP contribution < -0.4 is 10.3 Å². The van der Waals surface area contributed by atoms with E-state index in [0.29, 0.717) is 0 Å². The van der Waals surface area contributed by atoms with Gasteiger partial charge in [-0.1, -0.05) is 121 Å². The molecule has 0 aromatic heterocycles. The molecule has 0 aliphatic rings. The smallest absolute Gasteiger partial charge is 0.290 e. The third-order valence-electron chi connectivity index (χ3n) is 5.58. The molecular formula is C30H27BNO2. The quantitative estimate of drug-likeness (QED) is 0.321. The summed E-state index contributed by atoms with van der Waals surface area (Å²) in [5, 5.41) is 0. The van der Waals surface area contributed by atoms with E-state index in [1.54, 1.807) is 0 Å². The van der Waals surface area contributed by atoms with Crippen molar-refractivity contribution in [3.63, 3.8) is 0 Å². The topological polar surface area (TPSA) is 66.2 Å². The molecule has 0 heterocycles. The fraction of sp³-hybridized carbons (Fsp3) is 0. The van der Waals surface area contributed by atoms with Crippen LogP contribution in [0, 0.1) is 0 Å². The number of nitrogens with zero attached hydrogens (tertiary/aromatic N) is 1. The molecule has 0 unspecified atom stereocenters. The van der Waals surface area contributed by atoms with E-state index in [0.717, 1.165) is 16.8 Å². The first kappa shape index (κ1) is 24.5. The molecule has 4 N–H and O–H groups in total. The van der Waals surface area contributed by atoms with Gasteiger partial charge < -0.3 is 15.8 Å². The van der Waals surface area contributed by atoms with Gasteiger partial charge in [0.05, 0.1) is 0 Å². The summed E-state index contributed by atoms with van der Waals surface area (Å²) in [5.74, 6) is 0. The van der Waals surface area contributed by atoms with E-state index in [-0.39, 0.29) is 11.0 Å². The molecule has 0 saturated heterocycles. The average Bonchev–Trinajstić information content (AvgIpc) is 2.89. The molecule has 0 aliphatic carbocycles. The molecule has 0 fully saturated rings. The Hall–Kier alpha value is -4.12. The molecule has 5 aromatic rings. The Balaban J connectivity index is 0.00000162. The van der Waals surface area contributed by atoms with Crippen molar-refractivity contribution in [1.29, 1.82) is 0 Å². The molecule has 5 rings (SSSR count). The van der Waals surface area contributed by atoms with Crippen LogP contribution in [0.3, 0.4) is 0 Å². The largest absolute Gasteiger partial charge is 0.412 e. The maximum absolute atomic E-state index is 2.25. The van der Waals surface area contributed by atoms with Gasteiger partial charge in [0.25, 0.3) is 7.41 Å². The minimum Gasteiger partial charge on any atom is -0.412 e. The highest BCUT2D eigenvalue weighted by atomic mass is 16.0. The summed E-state index contributed by atoms with van der Waals surface area (Å²) >= 11 is 0. The third kappa shape index (κ3) is 5.62. The van der Waals surface area contributed by atoms with E-state index in [2.05, 4.69) is 134 Å². The molecule has 0 amide bonds. The van der Waals surface area contributed by atoms with Crippen LogP contribution in [0.1, 0.15) is 0 Å². The van der Waals surface area contributed by atoms with Gasteiger partial charge in [0.1, 0.15) is 0 Å². The lowest BCUT2D eigenvalue weighted by Gasteiger charge is -2.25. The second-order valence-electron chi connectivity index (χ2n) is 7.74. The Kier molecular flexibility index (Phi) is 8.41. The minimum atomic E-state index is 0. The fourth-order valence-electron chi connectivity index (χ4n) is 3.88. The molecule has 34 heavy (non-hydrogen) atoms. The van der Waals surface area contributed by atoms with Crippen molar-refractivity contribution in [2.45, 2.75) is 0 Å². The van der Waals surface area contributed by atoms with Crippen molar-refractivity contribution < 1.29 is 11.0 Å². The molecule has 0 aliphatic heterocycles. The van der Waals surface area contributed by atoms with E-state index < -0.39 is 0 Å². The highest BCUT2D eigenvalue weighted by Crippen LogP contribution is 2.29. The summed E-state index contributed by atoms with van der Waals surface area (Å²) in [6.07, 6.45) is 0. The summed E-state index contributed by atoms with van der Waals surface area (Å²) in [7, 11) is 2.19. The number of benzene rings is 5. The van der Waals surface area contributed by atoms with E-state index >= 15 is 0 Å². The third-order valence-corrected chi connectivity index (χ3v) is 5.58. The van der Waals surface area contributed by atoms with Gasteiger partial charge in [0.15, 0.2) is 0 Å². The standard InChI is InChI=1S/C30H23BN.2H2O/c1-4-10-24(11-5-1)26-16-20-29(21-17-26)32(31-28-14-8-3-9-15-28)30-22-18-27(19-23-30)25-12-6-2-7-13-25;;/h1-23H;2*1H2. The number of rotatable bonds is 6. The van der Waals surface area contributed by atoms with Crippen LogP contribution in [0.5, 0.6) is 0 Å². The lowest BCUT2D eigenvalue weighted by atomic mass is 9.79. The first-order valence-electron chi connectivity index (χ1n) is 10.9. The summed E-state index contributed by atoms with van der Waals surface area (Å²) in [6, 6.07) is 48.9. The zero-order valence-corrected chi connectivity index (χ0v) is 18.8. The molecule has 0 saturated carbocycles. The number of hydrogen-bond donors (Lipinski definition) is 0. The zero-order valence-electron chi connectivity index (χ0n) is 18.8. The average molecular weight is 444 g/mol. The fourth-order valence-corrected chi connectivity index (χ4v) is 3.88. The van der Waals surface area contributed by atoms with Gasteiger partial charge in [-0.15, -0.1) is 0 Å². The highest BCUT2D eigenvalue weighted by molar-refractivity contribution is 6.59. The van der Waals surface area contributed by atoms with Gasteiger partial charge in [-0.05, 0) is 46.5 Å². The van der Waals surface area contributed by atoms with Crippen molar-refractivity contribution in [3.05, 3.63) is 140 Å². The van der Waals surface area contributed by atoms with Crippen molar-refractivity contribution in [2.24, 2.45) is 0 Å². The molecule has 0 atom stereocenters. The molecule has 0 spiro atoms. The summed E-state index contributed by atoms with van der Waals surface area (Å²) in [4.78, 5) is 2.25. The van der Waals surface area contributed by atoms with Crippen molar-refractivity contribution >= 4 is 24.3 Å². The maximum Gasteiger partial charge on any atom is 0.290 e. The maximum atomic E-state index is 2.25. The van der Waals surface area contributed by atoms with Gasteiger partial charge in [0.2, 0.25) is 0 Å². The van der Waals surface area contributed by atoms with Gasteiger partial charge in [-0.25, -0.2) is 0 Å². The van der Waals surface area contributed by atoms with Crippen molar-refractivity contribution in [2.75, 3.05) is 4.81 Å². The predicted octanol–water partition coefficient (Wildman–Crippen LogP) is 5.45. The normalized spacial score (nSPS) is 9.88. The predicted molar refractivity (Wildman–Crippen MR) is 145 cm³/mol. The molecule has 3 nitrogen and oxygen atoms in total. The second-order valence-corrected chi connectivity index (χ2v) is 7.74. The van der Waals surface area contributed by atoms with Crippen molar-refractivity contribution in [3.8, 4) is 22.3 Å². The number of anilines is 2. The van der Waals surface area contributed by atoms with Crippen LogP contribution in [0.2, 0.25) is 0 Å². The van der Waals surface area contributed by atoms with Gasteiger partial charge in [-0.2, -0.15) is 0 Å².